The number of carbonyl (C=O) groups excluding carboxylic acids is 1. The number of hydrogen-bond donors (Lipinski definition) is 1. The van der Waals surface area contributed by atoms with Gasteiger partial charge in [0.1, 0.15) is 12.7 Å². The summed E-state index contributed by atoms with van der Waals surface area (Å²) in [6, 6.07) is 16.3. The quantitative estimate of drug-likeness (QED) is 0.568. The summed E-state index contributed by atoms with van der Waals surface area (Å²) in [7, 11) is 1.82. The van der Waals surface area contributed by atoms with Crippen molar-refractivity contribution >= 4 is 6.03 Å². The summed E-state index contributed by atoms with van der Waals surface area (Å²) < 4.78 is 1.71. The number of urea groups is 1. The highest BCUT2D eigenvalue weighted by molar-refractivity contribution is 5.74. The first-order valence-electron chi connectivity index (χ1n) is 10.8. The van der Waals surface area contributed by atoms with E-state index < -0.39 is 0 Å². The first-order chi connectivity index (χ1) is 15.0. The molecule has 0 bridgehead atoms. The lowest BCUT2D eigenvalue weighted by atomic mass is 10.1. The van der Waals surface area contributed by atoms with Gasteiger partial charge in [0.05, 0.1) is 11.7 Å². The van der Waals surface area contributed by atoms with E-state index in [1.165, 1.54) is 11.9 Å². The number of carbonyl (C=O) groups is 1. The number of nitrogens with zero attached hydrogens (tertiary/aromatic N) is 5. The van der Waals surface area contributed by atoms with Crippen LogP contribution in [0.5, 0.6) is 0 Å². The van der Waals surface area contributed by atoms with E-state index in [9.17, 15) is 4.79 Å². The minimum absolute atomic E-state index is 0.0544. The SMILES string of the molecule is CCN(CC)Cc1ccc(CNC(=O)N(C)C(C)c2ccc(-n3cncn3)cc2)cc1. The molecule has 7 heteroatoms. The highest BCUT2D eigenvalue weighted by Crippen LogP contribution is 2.20. The van der Waals surface area contributed by atoms with Crippen LogP contribution >= 0.6 is 0 Å². The Bertz CT molecular complexity index is 933. The van der Waals surface area contributed by atoms with Crippen molar-refractivity contribution in [1.29, 1.82) is 0 Å². The average molecular weight is 421 g/mol. The highest BCUT2D eigenvalue weighted by atomic mass is 16.2. The molecule has 1 unspecified atom stereocenters. The van der Waals surface area contributed by atoms with Gasteiger partial charge in [0.2, 0.25) is 0 Å². The van der Waals surface area contributed by atoms with Crippen LogP contribution in [0.15, 0.2) is 61.2 Å². The summed E-state index contributed by atoms with van der Waals surface area (Å²) in [5, 5.41) is 7.15. The molecule has 0 saturated heterocycles. The van der Waals surface area contributed by atoms with Crippen molar-refractivity contribution in [2.24, 2.45) is 0 Å². The minimum atomic E-state index is -0.0972. The van der Waals surface area contributed by atoms with Crippen molar-refractivity contribution in [3.8, 4) is 5.69 Å². The monoisotopic (exact) mass is 420 g/mol. The minimum Gasteiger partial charge on any atom is -0.334 e. The molecule has 0 aliphatic heterocycles. The topological polar surface area (TPSA) is 66.3 Å². The second kappa shape index (κ2) is 10.7. The molecule has 1 N–H and O–H groups in total. The predicted octanol–water partition coefficient (Wildman–Crippen LogP) is 4.01. The van der Waals surface area contributed by atoms with Crippen molar-refractivity contribution in [3.05, 3.63) is 77.9 Å². The molecule has 31 heavy (non-hydrogen) atoms. The van der Waals surface area contributed by atoms with Crippen LogP contribution in [0.4, 0.5) is 4.79 Å². The summed E-state index contributed by atoms with van der Waals surface area (Å²) in [6.45, 7) is 9.92. The van der Waals surface area contributed by atoms with Crippen LogP contribution in [0.2, 0.25) is 0 Å². The van der Waals surface area contributed by atoms with Gasteiger partial charge in [0.15, 0.2) is 0 Å². The second-order valence-corrected chi connectivity index (χ2v) is 7.66. The highest BCUT2D eigenvalue weighted by Gasteiger charge is 2.17. The third kappa shape index (κ3) is 5.92. The number of amides is 2. The van der Waals surface area contributed by atoms with Crippen LogP contribution in [0.3, 0.4) is 0 Å². The molecule has 0 radical (unpaired) electrons. The van der Waals surface area contributed by atoms with Gasteiger partial charge in [0.25, 0.3) is 0 Å². The van der Waals surface area contributed by atoms with E-state index in [1.54, 1.807) is 15.9 Å². The van der Waals surface area contributed by atoms with Gasteiger partial charge in [-0.2, -0.15) is 5.10 Å². The number of rotatable bonds is 9. The molecule has 3 aromatic rings. The first-order valence-corrected chi connectivity index (χ1v) is 10.8. The molecule has 1 atom stereocenters. The fourth-order valence-electron chi connectivity index (χ4n) is 3.42. The smallest absolute Gasteiger partial charge is 0.317 e. The number of benzene rings is 2. The summed E-state index contributed by atoms with van der Waals surface area (Å²) in [4.78, 5) is 20.7. The zero-order valence-electron chi connectivity index (χ0n) is 18.8. The zero-order valence-corrected chi connectivity index (χ0v) is 18.8. The van der Waals surface area contributed by atoms with Crippen molar-refractivity contribution in [3.63, 3.8) is 0 Å². The summed E-state index contributed by atoms with van der Waals surface area (Å²) in [6.07, 6.45) is 3.17. The maximum atomic E-state index is 12.7. The molecule has 0 aliphatic rings. The van der Waals surface area contributed by atoms with Crippen molar-refractivity contribution in [2.75, 3.05) is 20.1 Å². The van der Waals surface area contributed by atoms with E-state index in [-0.39, 0.29) is 12.1 Å². The van der Waals surface area contributed by atoms with Crippen molar-refractivity contribution in [1.82, 2.24) is 29.9 Å². The molecule has 1 heterocycles. The molecule has 7 nitrogen and oxygen atoms in total. The van der Waals surface area contributed by atoms with Crippen LogP contribution < -0.4 is 5.32 Å². The number of aromatic nitrogens is 3. The zero-order chi connectivity index (χ0) is 22.2. The largest absolute Gasteiger partial charge is 0.334 e. The lowest BCUT2D eigenvalue weighted by Gasteiger charge is -2.26. The molecular formula is C24H32N6O. The van der Waals surface area contributed by atoms with Crippen LogP contribution in [-0.4, -0.2) is 50.7 Å². The molecule has 1 aromatic heterocycles. The summed E-state index contributed by atoms with van der Waals surface area (Å²) >= 11 is 0. The number of nitrogens with one attached hydrogen (secondary N) is 1. The van der Waals surface area contributed by atoms with E-state index in [1.807, 2.05) is 38.2 Å². The molecule has 0 saturated carbocycles. The third-order valence-electron chi connectivity index (χ3n) is 5.73. The maximum absolute atomic E-state index is 12.7. The Labute approximate surface area is 184 Å². The number of hydrogen-bond acceptors (Lipinski definition) is 4. The first kappa shape index (κ1) is 22.5. The van der Waals surface area contributed by atoms with Crippen molar-refractivity contribution in [2.45, 2.75) is 39.9 Å². The standard InChI is InChI=1S/C24H32N6O/c1-5-29(6-2)16-21-9-7-20(8-10-21)15-26-24(31)28(4)19(3)22-11-13-23(14-12-22)30-18-25-17-27-30/h7-14,17-19H,5-6,15-16H2,1-4H3,(H,26,31). The molecule has 0 aliphatic carbocycles. The predicted molar refractivity (Wildman–Crippen MR) is 123 cm³/mol. The second-order valence-electron chi connectivity index (χ2n) is 7.66. The van der Waals surface area contributed by atoms with E-state index in [0.717, 1.165) is 36.4 Å². The molecule has 0 fully saturated rings. The summed E-state index contributed by atoms with van der Waals surface area (Å²) in [5.41, 5.74) is 4.38. The Morgan fingerprint density at radius 1 is 1.03 bits per heavy atom. The van der Waals surface area contributed by atoms with E-state index in [2.05, 4.69) is 58.4 Å². The van der Waals surface area contributed by atoms with E-state index >= 15 is 0 Å². The van der Waals surface area contributed by atoms with Gasteiger partial charge in [-0.15, -0.1) is 0 Å². The Morgan fingerprint density at radius 2 is 1.68 bits per heavy atom. The van der Waals surface area contributed by atoms with Crippen LogP contribution in [0.25, 0.3) is 5.69 Å². The van der Waals surface area contributed by atoms with Gasteiger partial charge >= 0.3 is 6.03 Å². The van der Waals surface area contributed by atoms with Gasteiger partial charge < -0.3 is 10.2 Å². The van der Waals surface area contributed by atoms with Gasteiger partial charge in [-0.1, -0.05) is 50.2 Å². The Hall–Kier alpha value is -3.19. The molecular weight excluding hydrogens is 388 g/mol. The third-order valence-corrected chi connectivity index (χ3v) is 5.73. The van der Waals surface area contributed by atoms with Gasteiger partial charge in [0, 0.05) is 20.1 Å². The van der Waals surface area contributed by atoms with Gasteiger partial charge in [-0.25, -0.2) is 14.5 Å². The fourth-order valence-corrected chi connectivity index (χ4v) is 3.42. The Morgan fingerprint density at radius 3 is 2.26 bits per heavy atom. The lowest BCUT2D eigenvalue weighted by molar-refractivity contribution is 0.194. The molecule has 164 valence electrons. The van der Waals surface area contributed by atoms with Crippen LogP contribution in [-0.2, 0) is 13.1 Å². The van der Waals surface area contributed by atoms with Gasteiger partial charge in [-0.3, -0.25) is 4.90 Å². The Kier molecular flexibility index (Phi) is 7.78. The van der Waals surface area contributed by atoms with E-state index in [0.29, 0.717) is 6.54 Å². The molecule has 2 amide bonds. The van der Waals surface area contributed by atoms with Gasteiger partial charge in [-0.05, 0) is 48.8 Å². The molecule has 2 aromatic carbocycles. The summed E-state index contributed by atoms with van der Waals surface area (Å²) in [5.74, 6) is 0. The van der Waals surface area contributed by atoms with E-state index in [4.69, 9.17) is 0 Å². The van der Waals surface area contributed by atoms with Crippen LogP contribution in [0.1, 0.15) is 43.5 Å². The lowest BCUT2D eigenvalue weighted by Crippen LogP contribution is -2.38. The van der Waals surface area contributed by atoms with Crippen molar-refractivity contribution < 1.29 is 4.79 Å². The fraction of sp³-hybridized carbons (Fsp3) is 0.375. The molecule has 0 spiro atoms. The normalized spacial score (nSPS) is 12.0. The molecule has 3 rings (SSSR count). The van der Waals surface area contributed by atoms with Crippen LogP contribution in [0, 0.1) is 0 Å². The maximum Gasteiger partial charge on any atom is 0.317 e. The average Bonchev–Trinajstić information content (AvgIpc) is 3.36. The Balaban J connectivity index is 1.53.